The number of pyridine rings is 1. The number of rotatable bonds is 5. The van der Waals surface area contributed by atoms with E-state index in [2.05, 4.69) is 10.1 Å². The van der Waals surface area contributed by atoms with Crippen molar-refractivity contribution in [3.8, 4) is 16.9 Å². The summed E-state index contributed by atoms with van der Waals surface area (Å²) < 4.78 is 23.0. The molecule has 2 aromatic carbocycles. The fourth-order valence-corrected chi connectivity index (χ4v) is 4.58. The van der Waals surface area contributed by atoms with Gasteiger partial charge in [-0.1, -0.05) is 11.6 Å². The molecule has 166 valence electrons. The van der Waals surface area contributed by atoms with Gasteiger partial charge in [-0.2, -0.15) is 5.10 Å². The second kappa shape index (κ2) is 7.56. The molecule has 6 nitrogen and oxygen atoms in total. The molecule has 1 aliphatic heterocycles. The lowest BCUT2D eigenvalue weighted by Gasteiger charge is -2.18. The number of benzene rings is 2. The highest BCUT2D eigenvalue weighted by Crippen LogP contribution is 2.38. The van der Waals surface area contributed by atoms with E-state index in [0.717, 1.165) is 35.1 Å². The Morgan fingerprint density at radius 2 is 2.06 bits per heavy atom. The van der Waals surface area contributed by atoms with E-state index in [1.54, 1.807) is 34.0 Å². The summed E-state index contributed by atoms with van der Waals surface area (Å²) in [5.41, 5.74) is 3.76. The van der Waals surface area contributed by atoms with Gasteiger partial charge in [0.15, 0.2) is 0 Å². The van der Waals surface area contributed by atoms with E-state index in [-0.39, 0.29) is 29.1 Å². The first-order valence-corrected chi connectivity index (χ1v) is 11.2. The van der Waals surface area contributed by atoms with Crippen molar-refractivity contribution in [3.63, 3.8) is 0 Å². The van der Waals surface area contributed by atoms with Gasteiger partial charge in [-0.15, -0.1) is 0 Å². The molecule has 2 aliphatic rings. The highest BCUT2D eigenvalue weighted by molar-refractivity contribution is 6.31. The summed E-state index contributed by atoms with van der Waals surface area (Å²) in [7, 11) is 1.85. The van der Waals surface area contributed by atoms with E-state index >= 15 is 4.39 Å². The smallest absolute Gasteiger partial charge is 0.256 e. The minimum absolute atomic E-state index is 0.0800. The first-order valence-electron chi connectivity index (χ1n) is 10.8. The van der Waals surface area contributed by atoms with E-state index in [9.17, 15) is 4.79 Å². The molecule has 0 atom stereocenters. The van der Waals surface area contributed by atoms with Crippen LogP contribution in [0.4, 0.5) is 4.39 Å². The van der Waals surface area contributed by atoms with Crippen molar-refractivity contribution < 1.29 is 13.9 Å². The molecule has 1 saturated carbocycles. The SMILES string of the molecule is Cn1cc2c(-c3cc(F)c(CN4Cc5ncccc5C4=O)c(Cl)c3)ccc(OC3CC3)c2n1. The molecule has 1 amide bonds. The molecule has 6 rings (SSSR count). The second-order valence-corrected chi connectivity index (χ2v) is 8.98. The van der Waals surface area contributed by atoms with Crippen molar-refractivity contribution in [2.75, 3.05) is 0 Å². The van der Waals surface area contributed by atoms with Crippen LogP contribution in [0.5, 0.6) is 5.75 Å². The summed E-state index contributed by atoms with van der Waals surface area (Å²) in [5, 5.41) is 5.70. The Balaban J connectivity index is 1.34. The minimum Gasteiger partial charge on any atom is -0.488 e. The highest BCUT2D eigenvalue weighted by Gasteiger charge is 2.30. The molecule has 1 aliphatic carbocycles. The Morgan fingerprint density at radius 1 is 1.21 bits per heavy atom. The van der Waals surface area contributed by atoms with Crippen molar-refractivity contribution >= 4 is 28.4 Å². The first kappa shape index (κ1) is 20.2. The number of aryl methyl sites for hydroxylation is 1. The van der Waals surface area contributed by atoms with Crippen LogP contribution >= 0.6 is 11.6 Å². The first-order chi connectivity index (χ1) is 16.0. The van der Waals surface area contributed by atoms with Crippen molar-refractivity contribution in [1.29, 1.82) is 0 Å². The van der Waals surface area contributed by atoms with E-state index in [1.807, 2.05) is 25.4 Å². The number of amides is 1. The Morgan fingerprint density at radius 3 is 2.82 bits per heavy atom. The summed E-state index contributed by atoms with van der Waals surface area (Å²) in [5.74, 6) is 0.117. The van der Waals surface area contributed by atoms with E-state index < -0.39 is 5.82 Å². The molecule has 33 heavy (non-hydrogen) atoms. The lowest BCUT2D eigenvalue weighted by atomic mass is 9.99. The molecule has 0 N–H and O–H groups in total. The van der Waals surface area contributed by atoms with Crippen LogP contribution in [0.1, 0.15) is 34.5 Å². The summed E-state index contributed by atoms with van der Waals surface area (Å²) >= 11 is 6.55. The van der Waals surface area contributed by atoms with Crippen LogP contribution in [0.15, 0.2) is 48.8 Å². The molecule has 1 fully saturated rings. The predicted molar refractivity (Wildman–Crippen MR) is 123 cm³/mol. The molecule has 0 radical (unpaired) electrons. The lowest BCUT2D eigenvalue weighted by Crippen LogP contribution is -2.24. The normalized spacial score (nSPS) is 15.4. The quantitative estimate of drug-likeness (QED) is 0.413. The van der Waals surface area contributed by atoms with Crippen LogP contribution < -0.4 is 4.74 Å². The van der Waals surface area contributed by atoms with Gasteiger partial charge in [0.2, 0.25) is 0 Å². The maximum atomic E-state index is 15.3. The Hall–Kier alpha value is -3.45. The number of fused-ring (bicyclic) bond motifs is 2. The van der Waals surface area contributed by atoms with Crippen LogP contribution in [0.3, 0.4) is 0 Å². The molecule has 0 spiro atoms. The molecule has 3 heterocycles. The number of aromatic nitrogens is 3. The largest absolute Gasteiger partial charge is 0.488 e. The van der Waals surface area contributed by atoms with Gasteiger partial charge in [-0.3, -0.25) is 14.5 Å². The zero-order valence-corrected chi connectivity index (χ0v) is 18.6. The van der Waals surface area contributed by atoms with Gasteiger partial charge < -0.3 is 9.64 Å². The molecule has 8 heteroatoms. The van der Waals surface area contributed by atoms with E-state index in [1.165, 1.54) is 6.07 Å². The third-order valence-corrected chi connectivity index (χ3v) is 6.46. The van der Waals surface area contributed by atoms with Crippen LogP contribution in [0.25, 0.3) is 22.0 Å². The summed E-state index contributed by atoms with van der Waals surface area (Å²) in [6, 6.07) is 10.5. The summed E-state index contributed by atoms with van der Waals surface area (Å²) in [4.78, 5) is 18.5. The third kappa shape index (κ3) is 3.53. The van der Waals surface area contributed by atoms with Crippen LogP contribution in [0, 0.1) is 5.82 Å². The van der Waals surface area contributed by atoms with Crippen molar-refractivity contribution in [3.05, 3.63) is 76.5 Å². The van der Waals surface area contributed by atoms with Crippen molar-refractivity contribution in [2.45, 2.75) is 32.0 Å². The van der Waals surface area contributed by atoms with Gasteiger partial charge in [0.05, 0.1) is 30.5 Å². The van der Waals surface area contributed by atoms with Gasteiger partial charge in [-0.25, -0.2) is 4.39 Å². The number of nitrogens with zero attached hydrogens (tertiary/aromatic N) is 4. The Kier molecular flexibility index (Phi) is 4.62. The number of ether oxygens (including phenoxy) is 1. The summed E-state index contributed by atoms with van der Waals surface area (Å²) in [6.07, 6.45) is 5.91. The van der Waals surface area contributed by atoms with Crippen LogP contribution in [-0.4, -0.2) is 31.7 Å². The fraction of sp³-hybridized carbons (Fsp3) is 0.240. The minimum atomic E-state index is -0.454. The Bertz CT molecular complexity index is 1410. The number of hydrogen-bond acceptors (Lipinski definition) is 4. The molecular formula is C25H20ClFN4O2. The van der Waals surface area contributed by atoms with E-state index in [0.29, 0.717) is 23.4 Å². The van der Waals surface area contributed by atoms with Gasteiger partial charge in [0.1, 0.15) is 17.1 Å². The standard InChI is InChI=1S/C25H20ClFN4O2/c1-30-11-18-16(6-7-23(24(18)29-30)33-15-4-5-15)14-9-20(26)19(21(27)10-14)12-31-13-22-17(25(31)32)3-2-8-28-22/h2-3,6-11,15H,4-5,12-13H2,1H3. The zero-order valence-electron chi connectivity index (χ0n) is 17.9. The maximum absolute atomic E-state index is 15.3. The molecule has 0 bridgehead atoms. The third-order valence-electron chi connectivity index (χ3n) is 6.12. The molecule has 0 saturated heterocycles. The molecular weight excluding hydrogens is 443 g/mol. The van der Waals surface area contributed by atoms with Gasteiger partial charge in [0, 0.05) is 35.4 Å². The molecule has 2 aromatic heterocycles. The van der Waals surface area contributed by atoms with Gasteiger partial charge in [0.25, 0.3) is 5.91 Å². The topological polar surface area (TPSA) is 60.2 Å². The maximum Gasteiger partial charge on any atom is 0.256 e. The molecule has 4 aromatic rings. The zero-order chi connectivity index (χ0) is 22.7. The molecule has 0 unspecified atom stereocenters. The number of carbonyl (C=O) groups excluding carboxylic acids is 1. The predicted octanol–water partition coefficient (Wildman–Crippen LogP) is 5.13. The number of carbonyl (C=O) groups is 1. The number of halogens is 2. The number of hydrogen-bond donors (Lipinski definition) is 0. The summed E-state index contributed by atoms with van der Waals surface area (Å²) in [6.45, 7) is 0.419. The van der Waals surface area contributed by atoms with Gasteiger partial charge in [-0.05, 0) is 60.4 Å². The highest BCUT2D eigenvalue weighted by atomic mass is 35.5. The average molecular weight is 463 g/mol. The van der Waals surface area contributed by atoms with Crippen LogP contribution in [-0.2, 0) is 20.1 Å². The average Bonchev–Trinajstić information content (AvgIpc) is 3.44. The second-order valence-electron chi connectivity index (χ2n) is 8.57. The fourth-order valence-electron chi connectivity index (χ4n) is 4.32. The van der Waals surface area contributed by atoms with E-state index in [4.69, 9.17) is 16.3 Å². The monoisotopic (exact) mass is 462 g/mol. The lowest BCUT2D eigenvalue weighted by molar-refractivity contribution is 0.0765. The Labute approximate surface area is 194 Å². The van der Waals surface area contributed by atoms with Gasteiger partial charge >= 0.3 is 0 Å². The van der Waals surface area contributed by atoms with Crippen LogP contribution in [0.2, 0.25) is 5.02 Å². The van der Waals surface area contributed by atoms with Crippen molar-refractivity contribution in [1.82, 2.24) is 19.7 Å². The van der Waals surface area contributed by atoms with Crippen molar-refractivity contribution in [2.24, 2.45) is 7.05 Å².